The summed E-state index contributed by atoms with van der Waals surface area (Å²) in [5, 5.41) is 17.4. The molecular formula is C23H16N6OS3. The fourth-order valence-corrected chi connectivity index (χ4v) is 5.97. The Morgan fingerprint density at radius 2 is 1.91 bits per heavy atom. The molecule has 0 saturated heterocycles. The normalized spacial score (nSPS) is 10.9. The van der Waals surface area contributed by atoms with Gasteiger partial charge in [-0.3, -0.25) is 10.1 Å². The van der Waals surface area contributed by atoms with Gasteiger partial charge in [0.2, 0.25) is 0 Å². The van der Waals surface area contributed by atoms with Gasteiger partial charge in [-0.1, -0.05) is 35.9 Å². The molecule has 0 radical (unpaired) electrons. The quantitative estimate of drug-likeness (QED) is 0.295. The van der Waals surface area contributed by atoms with E-state index in [-0.39, 0.29) is 23.0 Å². The maximum absolute atomic E-state index is 13.1. The highest BCUT2D eigenvalue weighted by atomic mass is 32.1. The van der Waals surface area contributed by atoms with E-state index in [1.165, 1.54) is 28.2 Å². The van der Waals surface area contributed by atoms with Gasteiger partial charge in [0.05, 0.1) is 11.4 Å². The molecule has 0 atom stereocenters. The van der Waals surface area contributed by atoms with E-state index in [9.17, 15) is 10.1 Å². The number of benzene rings is 1. The van der Waals surface area contributed by atoms with Gasteiger partial charge in [-0.25, -0.2) is 9.97 Å². The van der Waals surface area contributed by atoms with Crippen LogP contribution in [-0.4, -0.2) is 15.9 Å². The number of fused-ring (bicyclic) bond motifs is 1. The minimum atomic E-state index is -0.380. The molecule has 0 fully saturated rings. The summed E-state index contributed by atoms with van der Waals surface area (Å²) in [7, 11) is 0. The van der Waals surface area contributed by atoms with E-state index in [2.05, 4.69) is 21.4 Å². The van der Waals surface area contributed by atoms with Crippen LogP contribution in [0.25, 0.3) is 31.9 Å². The second-order valence-corrected chi connectivity index (χ2v) is 10.0. The SMILES string of the molecule is Cc1ccc(-c2csc(NC(=O)c3sc4nc(N)c(C#N)c(-c5cccs5)c4c3N)n2)cc1. The average Bonchev–Trinajstić information content (AvgIpc) is 3.54. The molecule has 1 aromatic carbocycles. The summed E-state index contributed by atoms with van der Waals surface area (Å²) in [6, 6.07) is 13.9. The molecule has 0 saturated carbocycles. The number of pyridine rings is 1. The van der Waals surface area contributed by atoms with Crippen LogP contribution in [0, 0.1) is 18.3 Å². The first-order valence-corrected chi connectivity index (χ1v) is 12.3. The van der Waals surface area contributed by atoms with Crippen LogP contribution in [0.3, 0.4) is 0 Å². The number of nitrogens with zero attached hydrogens (tertiary/aromatic N) is 3. The molecule has 5 N–H and O–H groups in total. The molecule has 5 aromatic rings. The van der Waals surface area contributed by atoms with Gasteiger partial charge in [0.1, 0.15) is 27.2 Å². The van der Waals surface area contributed by atoms with Crippen molar-refractivity contribution in [2.75, 3.05) is 16.8 Å². The predicted octanol–water partition coefficient (Wildman–Crippen LogP) is 5.75. The molecule has 0 aliphatic rings. The van der Waals surface area contributed by atoms with Crippen molar-refractivity contribution in [1.82, 2.24) is 9.97 Å². The number of hydrogen-bond acceptors (Lipinski definition) is 9. The maximum atomic E-state index is 13.1. The molecule has 162 valence electrons. The molecular weight excluding hydrogens is 472 g/mol. The van der Waals surface area contributed by atoms with E-state index in [0.29, 0.717) is 25.8 Å². The Kier molecular flexibility index (Phi) is 5.30. The molecule has 0 spiro atoms. The number of nitriles is 1. The zero-order valence-corrected chi connectivity index (χ0v) is 19.7. The molecule has 0 unspecified atom stereocenters. The monoisotopic (exact) mass is 488 g/mol. The Morgan fingerprint density at radius 3 is 2.61 bits per heavy atom. The van der Waals surface area contributed by atoms with E-state index >= 15 is 0 Å². The predicted molar refractivity (Wildman–Crippen MR) is 137 cm³/mol. The molecule has 7 nitrogen and oxygen atoms in total. The first kappa shape index (κ1) is 21.1. The van der Waals surface area contributed by atoms with E-state index in [4.69, 9.17) is 11.5 Å². The third-order valence-corrected chi connectivity index (χ3v) is 7.81. The van der Waals surface area contributed by atoms with Gasteiger partial charge in [-0.05, 0) is 18.4 Å². The summed E-state index contributed by atoms with van der Waals surface area (Å²) >= 11 is 3.95. The van der Waals surface area contributed by atoms with Crippen LogP contribution in [0.2, 0.25) is 0 Å². The average molecular weight is 489 g/mol. The summed E-state index contributed by atoms with van der Waals surface area (Å²) in [5.41, 5.74) is 16.6. The van der Waals surface area contributed by atoms with Gasteiger partial charge < -0.3 is 11.5 Å². The number of amides is 1. The number of thiazole rings is 1. The van der Waals surface area contributed by atoms with E-state index in [1.54, 1.807) is 0 Å². The molecule has 33 heavy (non-hydrogen) atoms. The van der Waals surface area contributed by atoms with E-state index in [1.807, 2.05) is 54.1 Å². The van der Waals surface area contributed by atoms with E-state index in [0.717, 1.165) is 27.5 Å². The largest absolute Gasteiger partial charge is 0.397 e. The Morgan fingerprint density at radius 1 is 1.12 bits per heavy atom. The molecule has 0 aliphatic carbocycles. The standard InChI is InChI=1S/C23H16N6OS3/c1-11-4-6-12(7-5-11)14-10-32-23(27-14)29-21(30)19-18(25)17-16(15-3-2-8-31-15)13(9-24)20(26)28-22(17)33-19/h2-8,10H,25H2,1H3,(H2,26,28)(H,27,29,30). The van der Waals surface area contributed by atoms with Gasteiger partial charge >= 0.3 is 0 Å². The molecule has 5 rings (SSSR count). The highest BCUT2D eigenvalue weighted by Crippen LogP contribution is 2.44. The van der Waals surface area contributed by atoms with Gasteiger partial charge in [0, 0.05) is 26.8 Å². The topological polar surface area (TPSA) is 131 Å². The number of nitrogens with one attached hydrogen (secondary N) is 1. The third-order valence-electron chi connectivity index (χ3n) is 5.06. The number of nitrogens with two attached hydrogens (primary N) is 2. The van der Waals surface area contributed by atoms with Crippen molar-refractivity contribution in [3.05, 3.63) is 63.2 Å². The summed E-state index contributed by atoms with van der Waals surface area (Å²) < 4.78 is 0. The lowest BCUT2D eigenvalue weighted by molar-refractivity contribution is 0.103. The van der Waals surface area contributed by atoms with Crippen LogP contribution < -0.4 is 16.8 Å². The highest BCUT2D eigenvalue weighted by Gasteiger charge is 2.25. The lowest BCUT2D eigenvalue weighted by atomic mass is 10.0. The number of carbonyl (C=O) groups is 1. The molecule has 0 bridgehead atoms. The number of anilines is 3. The van der Waals surface area contributed by atoms with Gasteiger partial charge in [-0.2, -0.15) is 5.26 Å². The Balaban J connectivity index is 1.53. The van der Waals surface area contributed by atoms with Crippen molar-refractivity contribution in [2.24, 2.45) is 0 Å². The van der Waals surface area contributed by atoms with Crippen molar-refractivity contribution in [2.45, 2.75) is 6.92 Å². The van der Waals surface area contributed by atoms with Gasteiger partial charge in [0.15, 0.2) is 5.13 Å². The maximum Gasteiger partial charge on any atom is 0.269 e. The number of carbonyl (C=O) groups excluding carboxylic acids is 1. The first-order valence-electron chi connectivity index (χ1n) is 9.75. The lowest BCUT2D eigenvalue weighted by Gasteiger charge is -2.07. The lowest BCUT2D eigenvalue weighted by Crippen LogP contribution is -2.11. The minimum Gasteiger partial charge on any atom is -0.397 e. The fraction of sp³-hybridized carbons (Fsp3) is 0.0435. The van der Waals surface area contributed by atoms with Crippen LogP contribution in [0.5, 0.6) is 0 Å². The Hall–Kier alpha value is -3.78. The molecule has 4 aromatic heterocycles. The smallest absolute Gasteiger partial charge is 0.269 e. The van der Waals surface area contributed by atoms with Gasteiger partial charge in [0.25, 0.3) is 5.91 Å². The second kappa shape index (κ2) is 8.29. The van der Waals surface area contributed by atoms with Crippen molar-refractivity contribution in [3.63, 3.8) is 0 Å². The second-order valence-electron chi connectivity index (χ2n) is 7.22. The number of hydrogen-bond donors (Lipinski definition) is 3. The number of aryl methyl sites for hydroxylation is 1. The summed E-state index contributed by atoms with van der Waals surface area (Å²) in [4.78, 5) is 23.6. The van der Waals surface area contributed by atoms with Crippen LogP contribution in [0.1, 0.15) is 20.8 Å². The molecule has 4 heterocycles. The van der Waals surface area contributed by atoms with Crippen LogP contribution in [-0.2, 0) is 0 Å². The molecule has 10 heteroatoms. The number of aromatic nitrogens is 2. The third kappa shape index (κ3) is 3.72. The molecule has 1 amide bonds. The Bertz CT molecular complexity index is 1540. The Labute approximate surface area is 201 Å². The van der Waals surface area contributed by atoms with E-state index < -0.39 is 0 Å². The fourth-order valence-electron chi connectivity index (χ4n) is 3.46. The van der Waals surface area contributed by atoms with Crippen LogP contribution in [0.4, 0.5) is 16.6 Å². The van der Waals surface area contributed by atoms with Crippen LogP contribution in [0.15, 0.2) is 47.2 Å². The zero-order valence-electron chi connectivity index (χ0n) is 17.2. The molecule has 0 aliphatic heterocycles. The number of rotatable bonds is 4. The van der Waals surface area contributed by atoms with Crippen molar-refractivity contribution < 1.29 is 4.79 Å². The zero-order chi connectivity index (χ0) is 23.1. The number of thiophene rings is 2. The summed E-state index contributed by atoms with van der Waals surface area (Å²) in [6.45, 7) is 2.03. The van der Waals surface area contributed by atoms with Crippen molar-refractivity contribution in [3.8, 4) is 27.8 Å². The van der Waals surface area contributed by atoms with Crippen molar-refractivity contribution >= 4 is 66.8 Å². The minimum absolute atomic E-state index is 0.115. The number of nitrogen functional groups attached to an aromatic ring is 2. The first-order chi connectivity index (χ1) is 16.0. The summed E-state index contributed by atoms with van der Waals surface area (Å²) in [5.74, 6) is -0.265. The summed E-state index contributed by atoms with van der Waals surface area (Å²) in [6.07, 6.45) is 0. The van der Waals surface area contributed by atoms with Crippen molar-refractivity contribution in [1.29, 1.82) is 5.26 Å². The van der Waals surface area contributed by atoms with Crippen LogP contribution >= 0.6 is 34.0 Å². The van der Waals surface area contributed by atoms with Gasteiger partial charge in [-0.15, -0.1) is 34.0 Å². The highest BCUT2D eigenvalue weighted by molar-refractivity contribution is 7.21.